The Labute approximate surface area is 114 Å². The van der Waals surface area contributed by atoms with Crippen molar-refractivity contribution < 1.29 is 0 Å². The highest BCUT2D eigenvalue weighted by Gasteiger charge is 2.00. The summed E-state index contributed by atoms with van der Waals surface area (Å²) >= 11 is 0. The van der Waals surface area contributed by atoms with Crippen LogP contribution in [0, 0.1) is 0 Å². The Morgan fingerprint density at radius 2 is 1.55 bits per heavy atom. The molecule has 0 saturated carbocycles. The molecular formula is C15H13N3O2. The molecular weight excluding hydrogens is 254 g/mol. The van der Waals surface area contributed by atoms with Crippen molar-refractivity contribution in [3.05, 3.63) is 74.8 Å². The quantitative estimate of drug-likeness (QED) is 0.633. The van der Waals surface area contributed by atoms with E-state index in [1.807, 2.05) is 36.4 Å². The van der Waals surface area contributed by atoms with Gasteiger partial charge in [0.2, 0.25) is 0 Å². The molecule has 0 amide bonds. The predicted octanol–water partition coefficient (Wildman–Crippen LogP) is 1.83. The molecule has 0 saturated heterocycles. The van der Waals surface area contributed by atoms with Crippen LogP contribution in [0.3, 0.4) is 0 Å². The summed E-state index contributed by atoms with van der Waals surface area (Å²) in [5, 5.41) is 3.27. The van der Waals surface area contributed by atoms with E-state index < -0.39 is 11.1 Å². The first-order valence-electron chi connectivity index (χ1n) is 6.26. The van der Waals surface area contributed by atoms with E-state index in [1.165, 1.54) is 5.56 Å². The fraction of sp³-hybridized carbons (Fsp3) is 0.0667. The van der Waals surface area contributed by atoms with Gasteiger partial charge >= 0.3 is 11.1 Å². The van der Waals surface area contributed by atoms with Crippen molar-refractivity contribution in [2.45, 2.75) is 6.54 Å². The van der Waals surface area contributed by atoms with Crippen molar-refractivity contribution in [3.8, 4) is 0 Å². The second kappa shape index (κ2) is 5.05. The van der Waals surface area contributed by atoms with Crippen LogP contribution in [0.2, 0.25) is 0 Å². The molecule has 5 heteroatoms. The van der Waals surface area contributed by atoms with E-state index in [4.69, 9.17) is 0 Å². The fourth-order valence-electron chi connectivity index (χ4n) is 2.02. The van der Waals surface area contributed by atoms with Gasteiger partial charge < -0.3 is 15.3 Å². The van der Waals surface area contributed by atoms with Crippen molar-refractivity contribution in [1.29, 1.82) is 0 Å². The van der Waals surface area contributed by atoms with Crippen LogP contribution in [0.5, 0.6) is 0 Å². The minimum Gasteiger partial charge on any atom is -0.381 e. The lowest BCUT2D eigenvalue weighted by Crippen LogP contribution is -2.28. The predicted molar refractivity (Wildman–Crippen MR) is 79.0 cm³/mol. The third kappa shape index (κ3) is 2.47. The average molecular weight is 267 g/mol. The number of aromatic nitrogens is 2. The van der Waals surface area contributed by atoms with Crippen LogP contribution in [-0.4, -0.2) is 9.97 Å². The summed E-state index contributed by atoms with van der Waals surface area (Å²) < 4.78 is 0. The zero-order valence-corrected chi connectivity index (χ0v) is 10.6. The number of rotatable bonds is 3. The van der Waals surface area contributed by atoms with Gasteiger partial charge in [-0.2, -0.15) is 0 Å². The lowest BCUT2D eigenvalue weighted by molar-refractivity contribution is 1.13. The number of H-pyrrole nitrogens is 2. The van der Waals surface area contributed by atoms with Crippen LogP contribution in [0.25, 0.3) is 11.0 Å². The van der Waals surface area contributed by atoms with Gasteiger partial charge in [-0.25, -0.2) is 0 Å². The molecule has 1 aromatic heterocycles. The van der Waals surface area contributed by atoms with E-state index in [2.05, 4.69) is 15.3 Å². The molecule has 3 rings (SSSR count). The summed E-state index contributed by atoms with van der Waals surface area (Å²) in [6.45, 7) is 0.694. The van der Waals surface area contributed by atoms with Crippen molar-refractivity contribution in [2.24, 2.45) is 0 Å². The molecule has 0 fully saturated rings. The van der Waals surface area contributed by atoms with E-state index in [-0.39, 0.29) is 0 Å². The Bertz CT molecular complexity index is 850. The van der Waals surface area contributed by atoms with Gasteiger partial charge in [0, 0.05) is 12.2 Å². The molecule has 0 bridgehead atoms. The van der Waals surface area contributed by atoms with Crippen LogP contribution >= 0.6 is 0 Å². The molecule has 0 aliphatic heterocycles. The van der Waals surface area contributed by atoms with E-state index >= 15 is 0 Å². The van der Waals surface area contributed by atoms with E-state index in [0.717, 1.165) is 5.69 Å². The highest BCUT2D eigenvalue weighted by molar-refractivity contribution is 5.78. The first-order chi connectivity index (χ1) is 9.72. The Kier molecular flexibility index (Phi) is 3.09. The third-order valence-electron chi connectivity index (χ3n) is 3.06. The second-order valence-corrected chi connectivity index (χ2v) is 4.51. The lowest BCUT2D eigenvalue weighted by Gasteiger charge is -2.07. The molecule has 0 aliphatic carbocycles. The van der Waals surface area contributed by atoms with E-state index in [9.17, 15) is 9.59 Å². The first-order valence-corrected chi connectivity index (χ1v) is 6.26. The number of aromatic amines is 2. The molecule has 1 heterocycles. The molecule has 0 spiro atoms. The first kappa shape index (κ1) is 12.2. The molecule has 0 unspecified atom stereocenters. The highest BCUT2D eigenvalue weighted by atomic mass is 16.2. The average Bonchev–Trinajstić information content (AvgIpc) is 2.47. The van der Waals surface area contributed by atoms with Gasteiger partial charge in [-0.1, -0.05) is 30.3 Å². The zero-order valence-electron chi connectivity index (χ0n) is 10.6. The normalized spacial score (nSPS) is 10.6. The topological polar surface area (TPSA) is 77.8 Å². The number of anilines is 1. The minimum atomic E-state index is -0.641. The molecule has 3 N–H and O–H groups in total. The monoisotopic (exact) mass is 267 g/mol. The number of fused-ring (bicyclic) bond motifs is 1. The van der Waals surface area contributed by atoms with Gasteiger partial charge in [0.1, 0.15) is 0 Å². The summed E-state index contributed by atoms with van der Waals surface area (Å²) in [4.78, 5) is 27.6. The molecule has 3 aromatic rings. The highest BCUT2D eigenvalue weighted by Crippen LogP contribution is 2.14. The number of hydrogen-bond acceptors (Lipinski definition) is 3. The van der Waals surface area contributed by atoms with Crippen LogP contribution in [0.15, 0.2) is 58.1 Å². The Balaban J connectivity index is 1.88. The molecule has 0 aliphatic rings. The largest absolute Gasteiger partial charge is 0.381 e. The number of nitrogens with one attached hydrogen (secondary N) is 3. The Hall–Kier alpha value is -2.82. The summed E-state index contributed by atoms with van der Waals surface area (Å²) in [7, 11) is 0. The van der Waals surface area contributed by atoms with Crippen LogP contribution in [-0.2, 0) is 6.54 Å². The van der Waals surface area contributed by atoms with Gasteiger partial charge in [0.05, 0.1) is 11.0 Å². The molecule has 20 heavy (non-hydrogen) atoms. The summed E-state index contributed by atoms with van der Waals surface area (Å²) in [6.07, 6.45) is 0. The van der Waals surface area contributed by atoms with Gasteiger partial charge in [-0.15, -0.1) is 0 Å². The fourth-order valence-corrected chi connectivity index (χ4v) is 2.02. The molecule has 100 valence electrons. The van der Waals surface area contributed by atoms with Gasteiger partial charge in [0.25, 0.3) is 0 Å². The summed E-state index contributed by atoms with van der Waals surface area (Å²) in [5.41, 5.74) is 1.99. The van der Waals surface area contributed by atoms with E-state index in [0.29, 0.717) is 17.6 Å². The van der Waals surface area contributed by atoms with Crippen molar-refractivity contribution >= 4 is 16.7 Å². The lowest BCUT2D eigenvalue weighted by atomic mass is 10.2. The maximum atomic E-state index is 11.3. The maximum Gasteiger partial charge on any atom is 0.314 e. The molecule has 5 nitrogen and oxygen atoms in total. The standard InChI is InChI=1S/C15H13N3O2/c19-14-15(20)18-13-8-11(6-7-12(13)17-14)16-9-10-4-2-1-3-5-10/h1-8,16H,9H2,(H,17,19)(H,18,20). The molecule has 0 radical (unpaired) electrons. The maximum absolute atomic E-state index is 11.3. The van der Waals surface area contributed by atoms with Crippen LogP contribution in [0.1, 0.15) is 5.56 Å². The Morgan fingerprint density at radius 3 is 2.30 bits per heavy atom. The van der Waals surface area contributed by atoms with Crippen molar-refractivity contribution in [2.75, 3.05) is 5.32 Å². The van der Waals surface area contributed by atoms with Crippen LogP contribution < -0.4 is 16.4 Å². The van der Waals surface area contributed by atoms with Crippen LogP contribution in [0.4, 0.5) is 5.69 Å². The number of hydrogen-bond donors (Lipinski definition) is 3. The third-order valence-corrected chi connectivity index (χ3v) is 3.06. The molecule has 2 aromatic carbocycles. The summed E-state index contributed by atoms with van der Waals surface area (Å²) in [6, 6.07) is 15.4. The zero-order chi connectivity index (χ0) is 13.9. The van der Waals surface area contributed by atoms with Gasteiger partial charge in [-0.05, 0) is 23.8 Å². The Morgan fingerprint density at radius 1 is 0.850 bits per heavy atom. The number of benzene rings is 2. The summed E-state index contributed by atoms with van der Waals surface area (Å²) in [5.74, 6) is 0. The minimum absolute atomic E-state index is 0.604. The molecule has 0 atom stereocenters. The van der Waals surface area contributed by atoms with Crippen molar-refractivity contribution in [1.82, 2.24) is 9.97 Å². The van der Waals surface area contributed by atoms with Gasteiger partial charge in [0.15, 0.2) is 0 Å². The van der Waals surface area contributed by atoms with Crippen molar-refractivity contribution in [3.63, 3.8) is 0 Å². The van der Waals surface area contributed by atoms with Gasteiger partial charge in [-0.3, -0.25) is 9.59 Å². The second-order valence-electron chi connectivity index (χ2n) is 4.51. The smallest absolute Gasteiger partial charge is 0.314 e. The SMILES string of the molecule is O=c1[nH]c2ccc(NCc3ccccc3)cc2[nH]c1=O. The van der Waals surface area contributed by atoms with E-state index in [1.54, 1.807) is 12.1 Å².